The van der Waals surface area contributed by atoms with Crippen LogP contribution in [0.5, 0.6) is 0 Å². The molecule has 0 radical (unpaired) electrons. The number of hydrogen-bond acceptors (Lipinski definition) is 5. The highest BCUT2D eigenvalue weighted by Gasteiger charge is 2.78. The number of benzene rings is 1. The van der Waals surface area contributed by atoms with E-state index in [9.17, 15) is 19.5 Å². The van der Waals surface area contributed by atoms with Crippen molar-refractivity contribution in [1.29, 1.82) is 0 Å². The fourth-order valence-electron chi connectivity index (χ4n) is 6.43. The Balaban J connectivity index is 1.67. The average molecular weight is 485 g/mol. The lowest BCUT2D eigenvalue weighted by molar-refractivity contribution is -0.156. The van der Waals surface area contributed by atoms with Gasteiger partial charge in [-0.15, -0.1) is 6.58 Å². The van der Waals surface area contributed by atoms with E-state index in [0.717, 1.165) is 18.4 Å². The van der Waals surface area contributed by atoms with E-state index < -0.39 is 35.0 Å². The number of carbonyl (C=O) groups is 3. The first-order valence-electron chi connectivity index (χ1n) is 12.6. The number of unbranched alkanes of at least 4 members (excludes halogenated alkanes) is 3. The SMILES string of the molecule is C=CCN(Cc1ccccc1)C(=O)C1N(CCCCCCO)C(=O)[C@@H]2[C@H](C(=O)O)[C@]3(C)CCC12O3. The molecule has 35 heavy (non-hydrogen) atoms. The number of nitrogens with zero attached hydrogens (tertiary/aromatic N) is 2. The number of rotatable bonds is 12. The molecule has 2 N–H and O–H groups in total. The van der Waals surface area contributed by atoms with Gasteiger partial charge in [-0.3, -0.25) is 14.4 Å². The van der Waals surface area contributed by atoms with Crippen LogP contribution in [0.25, 0.3) is 0 Å². The van der Waals surface area contributed by atoms with Crippen LogP contribution < -0.4 is 0 Å². The predicted molar refractivity (Wildman–Crippen MR) is 129 cm³/mol. The summed E-state index contributed by atoms with van der Waals surface area (Å²) >= 11 is 0. The van der Waals surface area contributed by atoms with Crippen LogP contribution in [0.2, 0.25) is 0 Å². The summed E-state index contributed by atoms with van der Waals surface area (Å²) in [6.07, 6.45) is 5.65. The number of hydrogen-bond donors (Lipinski definition) is 2. The highest BCUT2D eigenvalue weighted by atomic mass is 16.5. The number of fused-ring (bicyclic) bond motifs is 1. The second kappa shape index (κ2) is 10.1. The summed E-state index contributed by atoms with van der Waals surface area (Å²) in [6, 6.07) is 8.77. The molecule has 3 saturated heterocycles. The lowest BCUT2D eigenvalue weighted by Gasteiger charge is -2.37. The molecule has 3 heterocycles. The van der Waals surface area contributed by atoms with Gasteiger partial charge >= 0.3 is 5.97 Å². The molecule has 2 unspecified atom stereocenters. The van der Waals surface area contributed by atoms with Crippen molar-refractivity contribution >= 4 is 17.8 Å². The number of ether oxygens (including phenoxy) is 1. The third-order valence-corrected chi connectivity index (χ3v) is 7.96. The van der Waals surface area contributed by atoms with Crippen LogP contribution in [-0.4, -0.2) is 74.7 Å². The molecular weight excluding hydrogens is 448 g/mol. The third-order valence-electron chi connectivity index (χ3n) is 7.96. The molecule has 1 aromatic carbocycles. The van der Waals surface area contributed by atoms with Gasteiger partial charge in [0.2, 0.25) is 11.8 Å². The van der Waals surface area contributed by atoms with E-state index in [4.69, 9.17) is 9.84 Å². The molecule has 0 aromatic heterocycles. The molecule has 5 atom stereocenters. The van der Waals surface area contributed by atoms with Crippen molar-refractivity contribution in [2.45, 2.75) is 69.2 Å². The number of carboxylic acids is 1. The summed E-state index contributed by atoms with van der Waals surface area (Å²) < 4.78 is 6.45. The Morgan fingerprint density at radius 2 is 1.91 bits per heavy atom. The van der Waals surface area contributed by atoms with E-state index in [1.807, 2.05) is 30.3 Å². The molecule has 3 fully saturated rings. The van der Waals surface area contributed by atoms with Crippen LogP contribution in [-0.2, 0) is 25.7 Å². The molecule has 190 valence electrons. The molecular formula is C27H36N2O6. The lowest BCUT2D eigenvalue weighted by Crippen LogP contribution is -2.56. The monoisotopic (exact) mass is 484 g/mol. The Morgan fingerprint density at radius 1 is 1.20 bits per heavy atom. The average Bonchev–Trinajstić information content (AvgIpc) is 3.40. The van der Waals surface area contributed by atoms with Crippen LogP contribution in [0.15, 0.2) is 43.0 Å². The van der Waals surface area contributed by atoms with E-state index in [2.05, 4.69) is 6.58 Å². The maximum Gasteiger partial charge on any atom is 0.310 e. The minimum absolute atomic E-state index is 0.123. The van der Waals surface area contributed by atoms with Gasteiger partial charge in [0, 0.05) is 26.2 Å². The van der Waals surface area contributed by atoms with Crippen LogP contribution in [0.3, 0.4) is 0 Å². The first-order chi connectivity index (χ1) is 16.8. The fraction of sp³-hybridized carbons (Fsp3) is 0.593. The molecule has 8 heteroatoms. The Morgan fingerprint density at radius 3 is 2.57 bits per heavy atom. The van der Waals surface area contributed by atoms with Gasteiger partial charge in [0.1, 0.15) is 11.6 Å². The number of aliphatic hydroxyl groups excluding tert-OH is 1. The zero-order valence-corrected chi connectivity index (χ0v) is 20.4. The molecule has 3 aliphatic rings. The summed E-state index contributed by atoms with van der Waals surface area (Å²) in [5.41, 5.74) is -1.13. The van der Waals surface area contributed by atoms with Crippen LogP contribution in [0, 0.1) is 11.8 Å². The number of aliphatic carboxylic acids is 1. The van der Waals surface area contributed by atoms with Gasteiger partial charge in [-0.05, 0) is 38.2 Å². The zero-order chi connectivity index (χ0) is 25.2. The van der Waals surface area contributed by atoms with Crippen molar-refractivity contribution in [2.24, 2.45) is 11.8 Å². The summed E-state index contributed by atoms with van der Waals surface area (Å²) in [5, 5.41) is 19.1. The molecule has 0 saturated carbocycles. The smallest absolute Gasteiger partial charge is 0.310 e. The first-order valence-corrected chi connectivity index (χ1v) is 12.6. The van der Waals surface area contributed by atoms with Crippen molar-refractivity contribution in [3.05, 3.63) is 48.6 Å². The van der Waals surface area contributed by atoms with Gasteiger partial charge in [0.25, 0.3) is 0 Å². The molecule has 4 rings (SSSR count). The molecule has 0 aliphatic carbocycles. The normalized spacial score (nSPS) is 31.0. The van der Waals surface area contributed by atoms with E-state index in [0.29, 0.717) is 45.3 Å². The number of likely N-dealkylation sites (tertiary alicyclic amines) is 1. The van der Waals surface area contributed by atoms with Crippen molar-refractivity contribution in [2.75, 3.05) is 19.7 Å². The maximum absolute atomic E-state index is 14.2. The first kappa shape index (κ1) is 25.4. The quantitative estimate of drug-likeness (QED) is 0.349. The van der Waals surface area contributed by atoms with Gasteiger partial charge in [-0.25, -0.2) is 0 Å². The third kappa shape index (κ3) is 4.38. The highest BCUT2D eigenvalue weighted by molar-refractivity contribution is 5.98. The fourth-order valence-corrected chi connectivity index (χ4v) is 6.43. The second-order valence-corrected chi connectivity index (χ2v) is 10.2. The molecule has 2 amide bonds. The topological polar surface area (TPSA) is 107 Å². The van der Waals surface area contributed by atoms with Crippen LogP contribution in [0.4, 0.5) is 0 Å². The maximum atomic E-state index is 14.2. The summed E-state index contributed by atoms with van der Waals surface area (Å²) in [7, 11) is 0. The van der Waals surface area contributed by atoms with Gasteiger partial charge in [0.15, 0.2) is 0 Å². The van der Waals surface area contributed by atoms with Crippen LogP contribution in [0.1, 0.15) is 51.0 Å². The van der Waals surface area contributed by atoms with Crippen molar-refractivity contribution in [3.63, 3.8) is 0 Å². The minimum atomic E-state index is -1.13. The largest absolute Gasteiger partial charge is 0.481 e. The van der Waals surface area contributed by atoms with Crippen molar-refractivity contribution < 1.29 is 29.3 Å². The molecule has 8 nitrogen and oxygen atoms in total. The van der Waals surface area contributed by atoms with Gasteiger partial charge in [-0.2, -0.15) is 0 Å². The van der Waals surface area contributed by atoms with E-state index in [-0.39, 0.29) is 18.4 Å². The number of aliphatic hydroxyl groups is 1. The highest BCUT2D eigenvalue weighted by Crippen LogP contribution is 2.63. The Bertz CT molecular complexity index is 968. The number of amides is 2. The summed E-state index contributed by atoms with van der Waals surface area (Å²) in [5.74, 6) is -3.40. The van der Waals surface area contributed by atoms with E-state index in [1.165, 1.54) is 0 Å². The van der Waals surface area contributed by atoms with E-state index >= 15 is 0 Å². The summed E-state index contributed by atoms with van der Waals surface area (Å²) in [4.78, 5) is 43.5. The number of carbonyl (C=O) groups excluding carboxylic acids is 2. The second-order valence-electron chi connectivity index (χ2n) is 10.2. The molecule has 1 aromatic rings. The van der Waals surface area contributed by atoms with E-state index in [1.54, 1.807) is 22.8 Å². The van der Waals surface area contributed by atoms with Crippen molar-refractivity contribution in [3.8, 4) is 0 Å². The summed E-state index contributed by atoms with van der Waals surface area (Å²) in [6.45, 7) is 6.73. The van der Waals surface area contributed by atoms with Gasteiger partial charge in [0.05, 0.1) is 17.4 Å². The van der Waals surface area contributed by atoms with Crippen LogP contribution >= 0.6 is 0 Å². The standard InChI is InChI=1S/C27H36N2O6/c1-3-15-28(18-19-11-7-6-8-12-19)24(32)22-27-14-13-26(2,35-27)21(25(33)34)20(27)23(31)29(22)16-9-4-5-10-17-30/h3,6-8,11-12,20-22,30H,1,4-5,9-10,13-18H2,2H3,(H,33,34)/t20-,21+,22?,26-,27?/m0/s1. The zero-order valence-electron chi connectivity index (χ0n) is 20.4. The molecule has 3 aliphatic heterocycles. The Kier molecular flexibility index (Phi) is 7.33. The number of carboxylic acid groups (broad SMARTS) is 1. The van der Waals surface area contributed by atoms with Gasteiger partial charge < -0.3 is 24.7 Å². The van der Waals surface area contributed by atoms with Crippen molar-refractivity contribution in [1.82, 2.24) is 9.80 Å². The lowest BCUT2D eigenvalue weighted by atomic mass is 9.66. The Hall–Kier alpha value is -2.71. The van der Waals surface area contributed by atoms with Gasteiger partial charge in [-0.1, -0.05) is 49.2 Å². The molecule has 1 spiro atoms. The minimum Gasteiger partial charge on any atom is -0.481 e. The predicted octanol–water partition coefficient (Wildman–Crippen LogP) is 2.60. The molecule has 2 bridgehead atoms. The Labute approximate surface area is 206 Å².